The number of benzene rings is 2. The van der Waals surface area contributed by atoms with E-state index in [0.29, 0.717) is 12.1 Å². The zero-order valence-corrected chi connectivity index (χ0v) is 11.4. The molecule has 0 heterocycles. The largest absolute Gasteiger partial charge is 0.399 e. The van der Waals surface area contributed by atoms with Gasteiger partial charge in [-0.25, -0.2) is 0 Å². The number of nitrogens with two attached hydrogens (primary N) is 1. The molecule has 0 aliphatic heterocycles. The van der Waals surface area contributed by atoms with Crippen LogP contribution in [0, 0.1) is 0 Å². The number of hydrogen-bond donors (Lipinski definition) is 2. The van der Waals surface area contributed by atoms with Crippen LogP contribution < -0.4 is 11.1 Å². The van der Waals surface area contributed by atoms with Crippen LogP contribution in [-0.2, 0) is 11.2 Å². The average Bonchev–Trinajstić information content (AvgIpc) is 2.42. The molecular weight excluding hydrogens is 236 g/mol. The Kier molecular flexibility index (Phi) is 6.16. The van der Waals surface area contributed by atoms with Crippen molar-refractivity contribution in [2.75, 3.05) is 11.1 Å². The number of para-hydroxylation sites is 1. The lowest BCUT2D eigenvalue weighted by molar-refractivity contribution is -0.115. The van der Waals surface area contributed by atoms with Crippen molar-refractivity contribution in [2.45, 2.75) is 20.3 Å². The van der Waals surface area contributed by atoms with Gasteiger partial charge in [-0.1, -0.05) is 44.2 Å². The van der Waals surface area contributed by atoms with Gasteiger partial charge < -0.3 is 11.1 Å². The van der Waals surface area contributed by atoms with E-state index in [1.165, 1.54) is 0 Å². The van der Waals surface area contributed by atoms with Gasteiger partial charge in [0.05, 0.1) is 6.42 Å². The Morgan fingerprint density at radius 3 is 2.37 bits per heavy atom. The molecule has 3 N–H and O–H groups in total. The first-order valence-corrected chi connectivity index (χ1v) is 6.43. The number of rotatable bonds is 3. The van der Waals surface area contributed by atoms with Gasteiger partial charge in [0.25, 0.3) is 0 Å². The third-order valence-electron chi connectivity index (χ3n) is 2.37. The second-order valence-corrected chi connectivity index (χ2v) is 3.84. The summed E-state index contributed by atoms with van der Waals surface area (Å²) in [6.07, 6.45) is 0.333. The summed E-state index contributed by atoms with van der Waals surface area (Å²) >= 11 is 0. The molecule has 0 unspecified atom stereocenters. The first-order chi connectivity index (χ1) is 9.24. The van der Waals surface area contributed by atoms with Crippen LogP contribution in [0.25, 0.3) is 0 Å². The summed E-state index contributed by atoms with van der Waals surface area (Å²) in [5, 5.41) is 2.83. The molecular formula is C16H20N2O. The molecule has 2 aromatic carbocycles. The Bertz CT molecular complexity index is 509. The van der Waals surface area contributed by atoms with Crippen molar-refractivity contribution in [1.29, 1.82) is 0 Å². The number of nitrogens with one attached hydrogen (secondary N) is 1. The lowest BCUT2D eigenvalue weighted by Crippen LogP contribution is -2.14. The maximum Gasteiger partial charge on any atom is 0.228 e. The SMILES string of the molecule is CC.Nc1cccc(CC(=O)Nc2ccccc2)c1. The minimum Gasteiger partial charge on any atom is -0.399 e. The summed E-state index contributed by atoms with van der Waals surface area (Å²) in [6, 6.07) is 16.7. The fraction of sp³-hybridized carbons (Fsp3) is 0.188. The van der Waals surface area contributed by atoms with E-state index in [4.69, 9.17) is 5.73 Å². The van der Waals surface area contributed by atoms with Crippen LogP contribution in [0.3, 0.4) is 0 Å². The summed E-state index contributed by atoms with van der Waals surface area (Å²) in [4.78, 5) is 11.7. The van der Waals surface area contributed by atoms with Gasteiger partial charge in [-0.05, 0) is 29.8 Å². The molecule has 0 atom stereocenters. The molecule has 0 saturated carbocycles. The highest BCUT2D eigenvalue weighted by Gasteiger charge is 2.03. The molecule has 3 heteroatoms. The van der Waals surface area contributed by atoms with Gasteiger partial charge in [0.2, 0.25) is 5.91 Å². The molecule has 2 aromatic rings. The lowest BCUT2D eigenvalue weighted by Gasteiger charge is -2.05. The van der Waals surface area contributed by atoms with Gasteiger partial charge in [-0.2, -0.15) is 0 Å². The number of hydrogen-bond acceptors (Lipinski definition) is 2. The van der Waals surface area contributed by atoms with Crippen molar-refractivity contribution in [3.63, 3.8) is 0 Å². The normalized spacial score (nSPS) is 9.16. The molecule has 0 bridgehead atoms. The lowest BCUT2D eigenvalue weighted by atomic mass is 10.1. The molecule has 3 nitrogen and oxygen atoms in total. The van der Waals surface area contributed by atoms with Crippen molar-refractivity contribution in [2.24, 2.45) is 0 Å². The Morgan fingerprint density at radius 1 is 1.05 bits per heavy atom. The van der Waals surface area contributed by atoms with Gasteiger partial charge in [-0.3, -0.25) is 4.79 Å². The maximum absolute atomic E-state index is 11.7. The maximum atomic E-state index is 11.7. The van der Waals surface area contributed by atoms with E-state index < -0.39 is 0 Å². The van der Waals surface area contributed by atoms with Crippen LogP contribution in [0.5, 0.6) is 0 Å². The highest BCUT2D eigenvalue weighted by Crippen LogP contribution is 2.09. The third-order valence-corrected chi connectivity index (χ3v) is 2.37. The summed E-state index contributed by atoms with van der Waals surface area (Å²) in [5.41, 5.74) is 8.05. The van der Waals surface area contributed by atoms with E-state index in [-0.39, 0.29) is 5.91 Å². The van der Waals surface area contributed by atoms with E-state index in [2.05, 4.69) is 5.32 Å². The molecule has 0 spiro atoms. The van der Waals surface area contributed by atoms with Crippen LogP contribution in [0.4, 0.5) is 11.4 Å². The number of carbonyl (C=O) groups is 1. The second kappa shape index (κ2) is 7.93. The summed E-state index contributed by atoms with van der Waals surface area (Å²) in [6.45, 7) is 4.00. The Hall–Kier alpha value is -2.29. The van der Waals surface area contributed by atoms with Gasteiger partial charge in [0.15, 0.2) is 0 Å². The second-order valence-electron chi connectivity index (χ2n) is 3.84. The molecule has 2 rings (SSSR count). The third kappa shape index (κ3) is 5.25. The van der Waals surface area contributed by atoms with E-state index >= 15 is 0 Å². The first kappa shape index (κ1) is 14.8. The fourth-order valence-electron chi connectivity index (χ4n) is 1.62. The van der Waals surface area contributed by atoms with Crippen LogP contribution >= 0.6 is 0 Å². The molecule has 1 amide bonds. The summed E-state index contributed by atoms with van der Waals surface area (Å²) < 4.78 is 0. The van der Waals surface area contributed by atoms with E-state index in [0.717, 1.165) is 11.3 Å². The van der Waals surface area contributed by atoms with E-state index in [1.54, 1.807) is 6.07 Å². The van der Waals surface area contributed by atoms with Crippen LogP contribution in [0.2, 0.25) is 0 Å². The predicted molar refractivity (Wildman–Crippen MR) is 81.0 cm³/mol. The molecule has 0 radical (unpaired) electrons. The highest BCUT2D eigenvalue weighted by molar-refractivity contribution is 5.92. The van der Waals surface area contributed by atoms with Gasteiger partial charge >= 0.3 is 0 Å². The number of amides is 1. The van der Waals surface area contributed by atoms with Crippen molar-refractivity contribution in [1.82, 2.24) is 0 Å². The minimum absolute atomic E-state index is 0.0400. The van der Waals surface area contributed by atoms with Crippen molar-refractivity contribution < 1.29 is 4.79 Å². The Balaban J connectivity index is 0.000000861. The monoisotopic (exact) mass is 256 g/mol. The average molecular weight is 256 g/mol. The molecule has 0 saturated heterocycles. The number of nitrogen functional groups attached to an aromatic ring is 1. The molecule has 0 fully saturated rings. The van der Waals surface area contributed by atoms with Gasteiger partial charge in [0.1, 0.15) is 0 Å². The quantitative estimate of drug-likeness (QED) is 0.826. The molecule has 100 valence electrons. The van der Waals surface area contributed by atoms with Crippen molar-refractivity contribution in [3.8, 4) is 0 Å². The fourth-order valence-corrected chi connectivity index (χ4v) is 1.62. The topological polar surface area (TPSA) is 55.1 Å². The van der Waals surface area contributed by atoms with Crippen LogP contribution in [0.1, 0.15) is 19.4 Å². The van der Waals surface area contributed by atoms with Gasteiger partial charge in [-0.15, -0.1) is 0 Å². The summed E-state index contributed by atoms with van der Waals surface area (Å²) in [7, 11) is 0. The zero-order valence-electron chi connectivity index (χ0n) is 11.4. The van der Waals surface area contributed by atoms with Gasteiger partial charge in [0, 0.05) is 11.4 Å². The standard InChI is InChI=1S/C14H14N2O.C2H6/c15-12-6-4-5-11(9-12)10-14(17)16-13-7-2-1-3-8-13;1-2/h1-9H,10,15H2,(H,16,17);1-2H3. The minimum atomic E-state index is -0.0400. The molecule has 0 aliphatic carbocycles. The molecule has 0 aliphatic rings. The smallest absolute Gasteiger partial charge is 0.228 e. The summed E-state index contributed by atoms with van der Waals surface area (Å²) in [5.74, 6) is -0.0400. The first-order valence-electron chi connectivity index (χ1n) is 6.43. The van der Waals surface area contributed by atoms with E-state index in [1.807, 2.05) is 62.4 Å². The zero-order chi connectivity index (χ0) is 14.1. The number of carbonyl (C=O) groups excluding carboxylic acids is 1. The Labute approximate surface area is 114 Å². The van der Waals surface area contributed by atoms with Crippen molar-refractivity contribution >= 4 is 17.3 Å². The number of anilines is 2. The predicted octanol–water partition coefficient (Wildman–Crippen LogP) is 3.48. The molecule has 0 aromatic heterocycles. The van der Waals surface area contributed by atoms with Crippen LogP contribution in [0.15, 0.2) is 54.6 Å². The Morgan fingerprint density at radius 2 is 1.74 bits per heavy atom. The highest BCUT2D eigenvalue weighted by atomic mass is 16.1. The molecule has 19 heavy (non-hydrogen) atoms. The van der Waals surface area contributed by atoms with Crippen LogP contribution in [-0.4, -0.2) is 5.91 Å². The van der Waals surface area contributed by atoms with E-state index in [9.17, 15) is 4.79 Å². The van der Waals surface area contributed by atoms with Crippen molar-refractivity contribution in [3.05, 3.63) is 60.2 Å².